The van der Waals surface area contributed by atoms with E-state index in [1.165, 1.54) is 19.1 Å². The highest BCUT2D eigenvalue weighted by Crippen LogP contribution is 2.27. The number of benzene rings is 1. The molecule has 1 aromatic carbocycles. The van der Waals surface area contributed by atoms with Crippen LogP contribution < -0.4 is 10.6 Å². The van der Waals surface area contributed by atoms with Crippen molar-refractivity contribution in [1.82, 2.24) is 20.6 Å². The van der Waals surface area contributed by atoms with Gasteiger partial charge >= 0.3 is 6.09 Å². The van der Waals surface area contributed by atoms with Crippen LogP contribution in [0.1, 0.15) is 56.9 Å². The Kier molecular flexibility index (Phi) is 12.7. The van der Waals surface area contributed by atoms with Gasteiger partial charge in [-0.1, -0.05) is 55.8 Å². The maximum Gasteiger partial charge on any atom is 0.408 e. The molecule has 1 aliphatic rings. The number of halogens is 1. The first kappa shape index (κ1) is 30.4. The minimum Gasteiger partial charge on any atom is -0.445 e. The van der Waals surface area contributed by atoms with Gasteiger partial charge in [-0.25, -0.2) is 9.86 Å². The van der Waals surface area contributed by atoms with E-state index in [0.717, 1.165) is 42.7 Å². The Labute approximate surface area is 223 Å². The van der Waals surface area contributed by atoms with Gasteiger partial charge in [-0.15, -0.1) is 0 Å². The average molecular weight is 539 g/mol. The minimum atomic E-state index is -1.00. The Bertz CT molecular complexity index is 922. The summed E-state index contributed by atoms with van der Waals surface area (Å²) in [5.41, 5.74) is 0.717. The van der Waals surface area contributed by atoms with Gasteiger partial charge in [-0.2, -0.15) is 0 Å². The summed E-state index contributed by atoms with van der Waals surface area (Å²) in [4.78, 5) is 57.4. The molecule has 1 aliphatic carbocycles. The summed E-state index contributed by atoms with van der Waals surface area (Å²) in [6.07, 6.45) is 5.07. The quantitative estimate of drug-likeness (QED) is 0.394. The molecule has 206 valence electrons. The van der Waals surface area contributed by atoms with Crippen LogP contribution in [0.5, 0.6) is 0 Å². The summed E-state index contributed by atoms with van der Waals surface area (Å²) in [5, 5.41) is 6.95. The number of carbonyl (C=O) groups is 4. The van der Waals surface area contributed by atoms with Gasteiger partial charge in [0, 0.05) is 32.6 Å². The van der Waals surface area contributed by atoms with Crippen LogP contribution in [0.15, 0.2) is 24.3 Å². The van der Waals surface area contributed by atoms with Crippen molar-refractivity contribution < 1.29 is 28.8 Å². The molecule has 2 rings (SSSR count). The molecule has 0 aliphatic heterocycles. The number of likely N-dealkylation sites (N-methyl/N-ethyl adjacent to an activating group) is 1. The number of ether oxygens (including phenoxy) is 1. The van der Waals surface area contributed by atoms with Crippen molar-refractivity contribution in [2.45, 2.75) is 70.1 Å². The molecular formula is C26H39ClN4O6. The second kappa shape index (κ2) is 15.4. The number of hydrogen-bond acceptors (Lipinski definition) is 6. The molecule has 0 bridgehead atoms. The highest BCUT2D eigenvalue weighted by Gasteiger charge is 2.31. The average Bonchev–Trinajstić information content (AvgIpc) is 2.88. The summed E-state index contributed by atoms with van der Waals surface area (Å²) in [7, 11) is 6.02. The van der Waals surface area contributed by atoms with Crippen molar-refractivity contribution in [3.8, 4) is 0 Å². The minimum absolute atomic E-state index is 0.00342. The van der Waals surface area contributed by atoms with Gasteiger partial charge in [0.25, 0.3) is 5.91 Å². The van der Waals surface area contributed by atoms with Crippen LogP contribution in [0.3, 0.4) is 0 Å². The van der Waals surface area contributed by atoms with Crippen molar-refractivity contribution in [2.75, 3.05) is 28.3 Å². The Morgan fingerprint density at radius 1 is 1.05 bits per heavy atom. The molecule has 0 aromatic heterocycles. The second-order valence-corrected chi connectivity index (χ2v) is 9.99. The number of carbonyl (C=O) groups excluding carboxylic acids is 4. The maximum atomic E-state index is 13.4. The molecule has 0 saturated heterocycles. The molecule has 11 heteroatoms. The van der Waals surface area contributed by atoms with E-state index in [1.54, 1.807) is 38.4 Å². The van der Waals surface area contributed by atoms with Gasteiger partial charge in [0.15, 0.2) is 0 Å². The van der Waals surface area contributed by atoms with Crippen LogP contribution in [0.4, 0.5) is 4.79 Å². The van der Waals surface area contributed by atoms with Crippen molar-refractivity contribution >= 4 is 35.4 Å². The van der Waals surface area contributed by atoms with Crippen molar-refractivity contribution in [3.05, 3.63) is 34.9 Å². The number of nitrogens with zero attached hydrogens (tertiary/aromatic N) is 2. The van der Waals surface area contributed by atoms with Crippen LogP contribution >= 0.6 is 11.6 Å². The van der Waals surface area contributed by atoms with E-state index in [2.05, 4.69) is 10.6 Å². The second-order valence-electron chi connectivity index (χ2n) is 9.55. The van der Waals surface area contributed by atoms with Crippen LogP contribution in [-0.2, 0) is 30.6 Å². The molecule has 2 N–H and O–H groups in total. The third-order valence-corrected chi connectivity index (χ3v) is 6.74. The largest absolute Gasteiger partial charge is 0.445 e. The summed E-state index contributed by atoms with van der Waals surface area (Å²) in [6, 6.07) is 5.05. The molecule has 0 radical (unpaired) electrons. The van der Waals surface area contributed by atoms with Crippen LogP contribution in [0.25, 0.3) is 0 Å². The van der Waals surface area contributed by atoms with E-state index >= 15 is 0 Å². The number of hydrogen-bond donors (Lipinski definition) is 2. The topological polar surface area (TPSA) is 117 Å². The predicted molar refractivity (Wildman–Crippen MR) is 139 cm³/mol. The fourth-order valence-corrected chi connectivity index (χ4v) is 4.49. The normalized spacial score (nSPS) is 15.3. The molecule has 4 amide bonds. The number of alkyl carbamates (subject to hydrolysis) is 1. The van der Waals surface area contributed by atoms with E-state index in [4.69, 9.17) is 21.2 Å². The molecular weight excluding hydrogens is 500 g/mol. The number of nitrogens with one attached hydrogen (secondary N) is 2. The van der Waals surface area contributed by atoms with Crippen molar-refractivity contribution in [2.24, 2.45) is 5.92 Å². The Morgan fingerprint density at radius 3 is 2.38 bits per heavy atom. The molecule has 10 nitrogen and oxygen atoms in total. The van der Waals surface area contributed by atoms with Crippen molar-refractivity contribution in [1.29, 1.82) is 0 Å². The van der Waals surface area contributed by atoms with E-state index in [9.17, 15) is 19.2 Å². The number of rotatable bonds is 12. The fraction of sp³-hybridized carbons (Fsp3) is 0.615. The van der Waals surface area contributed by atoms with Gasteiger partial charge in [-0.05, 0) is 36.5 Å². The van der Waals surface area contributed by atoms with Gasteiger partial charge < -0.3 is 20.3 Å². The Morgan fingerprint density at radius 2 is 1.76 bits per heavy atom. The Hall–Kier alpha value is -2.85. The highest BCUT2D eigenvalue weighted by molar-refractivity contribution is 6.30. The third kappa shape index (κ3) is 10.6. The first-order chi connectivity index (χ1) is 17.6. The van der Waals surface area contributed by atoms with Crippen molar-refractivity contribution in [3.63, 3.8) is 0 Å². The first-order valence-electron chi connectivity index (χ1n) is 12.6. The highest BCUT2D eigenvalue weighted by atomic mass is 35.5. The molecule has 2 atom stereocenters. The molecule has 1 saturated carbocycles. The van der Waals surface area contributed by atoms with Gasteiger partial charge in [0.1, 0.15) is 18.7 Å². The monoisotopic (exact) mass is 538 g/mol. The third-order valence-electron chi connectivity index (χ3n) is 6.51. The lowest BCUT2D eigenvalue weighted by atomic mass is 9.84. The zero-order valence-electron chi connectivity index (χ0n) is 22.1. The number of amides is 4. The molecule has 0 heterocycles. The van der Waals surface area contributed by atoms with E-state index in [1.807, 2.05) is 0 Å². The molecule has 2 unspecified atom stereocenters. The zero-order valence-corrected chi connectivity index (χ0v) is 22.9. The molecule has 1 fully saturated rings. The van der Waals surface area contributed by atoms with E-state index in [0.29, 0.717) is 11.4 Å². The van der Waals surface area contributed by atoms with Gasteiger partial charge in [-0.3, -0.25) is 19.2 Å². The van der Waals surface area contributed by atoms with E-state index < -0.39 is 30.0 Å². The maximum absolute atomic E-state index is 13.4. The van der Waals surface area contributed by atoms with Crippen LogP contribution in [0, 0.1) is 5.92 Å². The summed E-state index contributed by atoms with van der Waals surface area (Å²) < 4.78 is 5.33. The molecule has 37 heavy (non-hydrogen) atoms. The smallest absolute Gasteiger partial charge is 0.408 e. The Balaban J connectivity index is 2.11. The molecule has 0 spiro atoms. The SMILES string of the molecule is CON(C)C(=O)C(CCC(=O)N(C)C)NC(=O)C(CC1CCCCC1)NC(=O)OCc1cccc(Cl)c1. The van der Waals surface area contributed by atoms with Crippen LogP contribution in [0.2, 0.25) is 5.02 Å². The van der Waals surface area contributed by atoms with E-state index in [-0.39, 0.29) is 31.3 Å². The standard InChI is InChI=1S/C26H39ClN4O6/c1-30(2)23(32)14-13-21(25(34)31(3)36-4)28-24(33)22(16-18-9-6-5-7-10-18)29-26(35)37-17-19-11-8-12-20(27)15-19/h8,11-12,15,18,21-22H,5-7,9-10,13-14,16-17H2,1-4H3,(H,28,33)(H,29,35). The van der Waals surface area contributed by atoms with Gasteiger partial charge in [0.05, 0.1) is 7.11 Å². The lowest BCUT2D eigenvalue weighted by Crippen LogP contribution is -2.54. The molecule has 1 aromatic rings. The zero-order chi connectivity index (χ0) is 27.4. The van der Waals surface area contributed by atoms with Gasteiger partial charge in [0.2, 0.25) is 11.8 Å². The fourth-order valence-electron chi connectivity index (χ4n) is 4.28. The predicted octanol–water partition coefficient (Wildman–Crippen LogP) is 3.28. The van der Waals surface area contributed by atoms with Crippen LogP contribution in [-0.4, -0.2) is 74.1 Å². The lowest BCUT2D eigenvalue weighted by molar-refractivity contribution is -0.172. The lowest BCUT2D eigenvalue weighted by Gasteiger charge is -2.28. The summed E-state index contributed by atoms with van der Waals surface area (Å²) in [6.45, 7) is -0.00342. The first-order valence-corrected chi connectivity index (χ1v) is 13.0. The summed E-state index contributed by atoms with van der Waals surface area (Å²) >= 11 is 5.99. The summed E-state index contributed by atoms with van der Waals surface area (Å²) in [5.74, 6) is -0.912. The number of hydroxylamine groups is 2.